The number of esters is 1. The average Bonchev–Trinajstić information content (AvgIpc) is 2.60. The van der Waals surface area contributed by atoms with E-state index >= 15 is 0 Å². The first-order valence-electron chi connectivity index (χ1n) is 7.38. The Bertz CT molecular complexity index is 610. The first-order valence-corrected chi connectivity index (χ1v) is 7.38. The van der Waals surface area contributed by atoms with E-state index in [1.807, 2.05) is 12.1 Å². The first-order chi connectivity index (χ1) is 11.5. The van der Waals surface area contributed by atoms with Crippen LogP contribution in [0, 0.1) is 0 Å². The molecular weight excluding hydrogens is 304 g/mol. The molecule has 0 unspecified atom stereocenters. The summed E-state index contributed by atoms with van der Waals surface area (Å²) in [6.07, 6.45) is 0. The number of benzene rings is 2. The van der Waals surface area contributed by atoms with Crippen LogP contribution in [0.4, 0.5) is 0 Å². The van der Waals surface area contributed by atoms with Crippen molar-refractivity contribution in [2.45, 2.75) is 13.8 Å². The minimum Gasteiger partial charge on any atom is -0.431 e. The van der Waals surface area contributed by atoms with Crippen molar-refractivity contribution in [3.8, 4) is 11.1 Å². The summed E-state index contributed by atoms with van der Waals surface area (Å²) in [5.74, 6) is -0.123. The zero-order valence-corrected chi connectivity index (χ0v) is 14.0. The largest absolute Gasteiger partial charge is 0.431 e. The summed E-state index contributed by atoms with van der Waals surface area (Å²) in [5.41, 5.74) is 2.87. The van der Waals surface area contributed by atoms with E-state index in [1.165, 1.54) is 11.1 Å². The predicted molar refractivity (Wildman–Crippen MR) is 94.6 cm³/mol. The summed E-state index contributed by atoms with van der Waals surface area (Å²) in [5, 5.41) is 0. The maximum Gasteiger partial charge on any atom is 0.335 e. The van der Waals surface area contributed by atoms with Gasteiger partial charge in [-0.1, -0.05) is 73.8 Å². The summed E-state index contributed by atoms with van der Waals surface area (Å²) in [6.45, 7) is 9.67. The Morgan fingerprint density at radius 1 is 0.875 bits per heavy atom. The SMILES string of the molecule is C=C(C)OOCOC(=O)C(=C)C.c1ccc(-c2ccccc2)cc1. The van der Waals surface area contributed by atoms with E-state index in [-0.39, 0.29) is 6.79 Å². The van der Waals surface area contributed by atoms with Gasteiger partial charge >= 0.3 is 5.97 Å². The quantitative estimate of drug-likeness (QED) is 0.144. The Balaban J connectivity index is 0.000000240. The van der Waals surface area contributed by atoms with E-state index in [1.54, 1.807) is 13.8 Å². The van der Waals surface area contributed by atoms with Crippen molar-refractivity contribution >= 4 is 5.97 Å². The lowest BCUT2D eigenvalue weighted by Crippen LogP contribution is -2.08. The van der Waals surface area contributed by atoms with Crippen LogP contribution in [0.15, 0.2) is 85.2 Å². The fourth-order valence-electron chi connectivity index (χ4n) is 1.59. The van der Waals surface area contributed by atoms with Crippen molar-refractivity contribution in [1.29, 1.82) is 0 Å². The van der Waals surface area contributed by atoms with Crippen LogP contribution in [0.3, 0.4) is 0 Å². The van der Waals surface area contributed by atoms with Gasteiger partial charge in [-0.2, -0.15) is 0 Å². The summed E-state index contributed by atoms with van der Waals surface area (Å²) in [7, 11) is 0. The van der Waals surface area contributed by atoms with Crippen LogP contribution >= 0.6 is 0 Å². The molecule has 0 aromatic heterocycles. The maximum atomic E-state index is 10.7. The summed E-state index contributed by atoms with van der Waals surface area (Å²) < 4.78 is 4.53. The Labute approximate surface area is 142 Å². The van der Waals surface area contributed by atoms with Gasteiger partial charge in [-0.05, 0) is 25.0 Å². The molecule has 0 bridgehead atoms. The third kappa shape index (κ3) is 7.96. The summed E-state index contributed by atoms with van der Waals surface area (Å²) in [6, 6.07) is 20.8. The zero-order chi connectivity index (χ0) is 17.8. The molecule has 0 radical (unpaired) electrons. The van der Waals surface area contributed by atoms with E-state index in [0.717, 1.165) is 0 Å². The fourth-order valence-corrected chi connectivity index (χ4v) is 1.59. The smallest absolute Gasteiger partial charge is 0.335 e. The fraction of sp³-hybridized carbons (Fsp3) is 0.150. The normalized spacial score (nSPS) is 9.25. The number of rotatable bonds is 6. The monoisotopic (exact) mass is 326 g/mol. The van der Waals surface area contributed by atoms with Crippen LogP contribution in [0.25, 0.3) is 11.1 Å². The van der Waals surface area contributed by atoms with Crippen LogP contribution in [0.1, 0.15) is 13.8 Å². The standard InChI is InChI=1S/C12H10.C8H12O4/c1-3-7-11(8-4-1)12-9-5-2-6-10-12;1-6(2)8(9)10-5-11-12-7(3)4/h1-10H;1,3,5H2,2,4H3. The van der Waals surface area contributed by atoms with Gasteiger partial charge in [0.15, 0.2) is 0 Å². The number of hydrogen-bond donors (Lipinski definition) is 0. The van der Waals surface area contributed by atoms with E-state index in [2.05, 4.69) is 76.2 Å². The highest BCUT2D eigenvalue weighted by molar-refractivity contribution is 5.86. The molecule has 0 N–H and O–H groups in total. The van der Waals surface area contributed by atoms with Gasteiger partial charge in [0.05, 0.1) is 0 Å². The molecule has 0 saturated carbocycles. The number of allylic oxidation sites excluding steroid dienone is 1. The third-order valence-corrected chi connectivity index (χ3v) is 2.67. The van der Waals surface area contributed by atoms with Gasteiger partial charge in [-0.3, -0.25) is 0 Å². The second kappa shape index (κ2) is 10.8. The van der Waals surface area contributed by atoms with Gasteiger partial charge in [0.2, 0.25) is 6.79 Å². The van der Waals surface area contributed by atoms with Gasteiger partial charge in [0.1, 0.15) is 5.76 Å². The van der Waals surface area contributed by atoms with Crippen molar-refractivity contribution in [1.82, 2.24) is 0 Å². The number of carbonyl (C=O) groups is 1. The number of carbonyl (C=O) groups excluding carboxylic acids is 1. The maximum absolute atomic E-state index is 10.7. The highest BCUT2D eigenvalue weighted by Gasteiger charge is 2.02. The molecule has 0 saturated heterocycles. The van der Waals surface area contributed by atoms with Crippen LogP contribution in [-0.4, -0.2) is 12.8 Å². The third-order valence-electron chi connectivity index (χ3n) is 2.67. The zero-order valence-electron chi connectivity index (χ0n) is 14.0. The second-order valence-electron chi connectivity index (χ2n) is 4.97. The van der Waals surface area contributed by atoms with Crippen molar-refractivity contribution in [2.24, 2.45) is 0 Å². The molecule has 2 aromatic rings. The number of ether oxygens (including phenoxy) is 1. The summed E-state index contributed by atoms with van der Waals surface area (Å²) >= 11 is 0. The Kier molecular flexibility index (Phi) is 8.64. The van der Waals surface area contributed by atoms with Gasteiger partial charge in [0, 0.05) is 5.57 Å². The predicted octanol–water partition coefficient (Wildman–Crippen LogP) is 4.90. The molecule has 0 aliphatic rings. The van der Waals surface area contributed by atoms with Crippen molar-refractivity contribution in [3.05, 3.63) is 85.2 Å². The molecule has 0 aliphatic carbocycles. The topological polar surface area (TPSA) is 44.8 Å². The van der Waals surface area contributed by atoms with Crippen LogP contribution in [0.2, 0.25) is 0 Å². The molecule has 4 nitrogen and oxygen atoms in total. The molecule has 2 aromatic carbocycles. The number of hydrogen-bond acceptors (Lipinski definition) is 4. The average molecular weight is 326 g/mol. The van der Waals surface area contributed by atoms with Gasteiger partial charge < -0.3 is 9.62 Å². The molecule has 2 rings (SSSR count). The van der Waals surface area contributed by atoms with Crippen molar-refractivity contribution in [3.63, 3.8) is 0 Å². The minimum absolute atomic E-state index is 0.265. The molecule has 0 aliphatic heterocycles. The van der Waals surface area contributed by atoms with Crippen molar-refractivity contribution in [2.75, 3.05) is 6.79 Å². The first kappa shape index (κ1) is 19.2. The Hall–Kier alpha value is -2.85. The second-order valence-corrected chi connectivity index (χ2v) is 4.97. The van der Waals surface area contributed by atoms with Gasteiger partial charge in [-0.15, -0.1) is 4.89 Å². The highest BCUT2D eigenvalue weighted by Crippen LogP contribution is 2.17. The molecule has 126 valence electrons. The molecule has 0 spiro atoms. The Morgan fingerprint density at radius 3 is 1.71 bits per heavy atom. The van der Waals surface area contributed by atoms with Gasteiger partial charge in [0.25, 0.3) is 0 Å². The van der Waals surface area contributed by atoms with Crippen LogP contribution in [-0.2, 0) is 19.3 Å². The van der Waals surface area contributed by atoms with E-state index < -0.39 is 5.97 Å². The molecule has 0 fully saturated rings. The Morgan fingerprint density at radius 2 is 1.33 bits per heavy atom. The molecule has 4 heteroatoms. The van der Waals surface area contributed by atoms with Crippen LogP contribution in [0.5, 0.6) is 0 Å². The molecule has 0 atom stereocenters. The van der Waals surface area contributed by atoms with Gasteiger partial charge in [-0.25, -0.2) is 4.79 Å². The molecule has 24 heavy (non-hydrogen) atoms. The van der Waals surface area contributed by atoms with Crippen molar-refractivity contribution < 1.29 is 19.3 Å². The lowest BCUT2D eigenvalue weighted by Gasteiger charge is -2.04. The van der Waals surface area contributed by atoms with E-state index in [4.69, 9.17) is 0 Å². The van der Waals surface area contributed by atoms with E-state index in [9.17, 15) is 4.79 Å². The summed E-state index contributed by atoms with van der Waals surface area (Å²) in [4.78, 5) is 19.6. The molecule has 0 heterocycles. The van der Waals surface area contributed by atoms with Crippen LogP contribution < -0.4 is 0 Å². The lowest BCUT2D eigenvalue weighted by atomic mass is 10.1. The minimum atomic E-state index is -0.514. The molecule has 0 amide bonds. The molecular formula is C20H22O4. The lowest BCUT2D eigenvalue weighted by molar-refractivity contribution is -0.302. The van der Waals surface area contributed by atoms with E-state index in [0.29, 0.717) is 11.3 Å². The highest BCUT2D eigenvalue weighted by atomic mass is 17.2.